The molecule has 2 amide bonds. The first-order valence-corrected chi connectivity index (χ1v) is 5.62. The molecule has 1 aliphatic rings. The number of likely N-dealkylation sites (tertiary alicyclic amines) is 1. The largest absolute Gasteiger partial charge is 0.481 e. The van der Waals surface area contributed by atoms with E-state index < -0.39 is 37.1 Å². The van der Waals surface area contributed by atoms with E-state index in [2.05, 4.69) is 5.32 Å². The zero-order chi connectivity index (χ0) is 13.8. The lowest BCUT2D eigenvalue weighted by Gasteiger charge is -2.30. The maximum Gasteiger partial charge on any atom is 0.390 e. The summed E-state index contributed by atoms with van der Waals surface area (Å²) in [7, 11) is 0. The molecule has 0 saturated carbocycles. The Balaban J connectivity index is 2.35. The number of nitrogens with one attached hydrogen (secondary N) is 1. The summed E-state index contributed by atoms with van der Waals surface area (Å²) in [4.78, 5) is 23.5. The van der Waals surface area contributed by atoms with Crippen LogP contribution in [0.4, 0.5) is 18.0 Å². The van der Waals surface area contributed by atoms with Gasteiger partial charge in [-0.05, 0) is 12.8 Å². The van der Waals surface area contributed by atoms with Gasteiger partial charge in [-0.25, -0.2) is 4.79 Å². The molecule has 5 nitrogen and oxygen atoms in total. The number of carboxylic acids is 1. The molecule has 0 unspecified atom stereocenters. The normalized spacial score (nSPS) is 20.6. The summed E-state index contributed by atoms with van der Waals surface area (Å²) in [6, 6.07) is -0.634. The summed E-state index contributed by atoms with van der Waals surface area (Å²) >= 11 is 0. The van der Waals surface area contributed by atoms with E-state index in [1.165, 1.54) is 4.90 Å². The second-order valence-electron chi connectivity index (χ2n) is 4.22. The Labute approximate surface area is 102 Å². The fraction of sp³-hybridized carbons (Fsp3) is 0.800. The maximum atomic E-state index is 11.9. The fourth-order valence-corrected chi connectivity index (χ4v) is 1.79. The number of carboxylic acid groups (broad SMARTS) is 1. The molecule has 18 heavy (non-hydrogen) atoms. The first-order valence-electron chi connectivity index (χ1n) is 5.62. The Hall–Kier alpha value is -1.47. The molecule has 0 aromatic heterocycles. The van der Waals surface area contributed by atoms with Gasteiger partial charge in [0.1, 0.15) is 0 Å². The zero-order valence-electron chi connectivity index (χ0n) is 9.66. The predicted molar refractivity (Wildman–Crippen MR) is 56.0 cm³/mol. The first-order chi connectivity index (χ1) is 8.29. The number of nitrogens with zero attached hydrogens (tertiary/aromatic N) is 1. The SMILES string of the molecule is O=C(O)[C@H]1CCCN(C(=O)NCCC(F)(F)F)C1. The van der Waals surface area contributed by atoms with Crippen molar-refractivity contribution in [2.24, 2.45) is 5.92 Å². The monoisotopic (exact) mass is 268 g/mol. The van der Waals surface area contributed by atoms with Crippen molar-refractivity contribution in [3.63, 3.8) is 0 Å². The van der Waals surface area contributed by atoms with Gasteiger partial charge in [0.2, 0.25) is 0 Å². The summed E-state index contributed by atoms with van der Waals surface area (Å²) in [6.07, 6.45) is -4.36. The lowest BCUT2D eigenvalue weighted by atomic mass is 9.99. The van der Waals surface area contributed by atoms with E-state index in [0.29, 0.717) is 19.4 Å². The van der Waals surface area contributed by atoms with E-state index in [4.69, 9.17) is 5.11 Å². The molecular weight excluding hydrogens is 253 g/mol. The average Bonchev–Trinajstić information content (AvgIpc) is 2.27. The summed E-state index contributed by atoms with van der Waals surface area (Å²) < 4.78 is 35.6. The third-order valence-corrected chi connectivity index (χ3v) is 2.74. The topological polar surface area (TPSA) is 69.6 Å². The Kier molecular flexibility index (Phi) is 4.80. The van der Waals surface area contributed by atoms with Crippen molar-refractivity contribution in [2.45, 2.75) is 25.4 Å². The highest BCUT2D eigenvalue weighted by atomic mass is 19.4. The van der Waals surface area contributed by atoms with E-state index >= 15 is 0 Å². The van der Waals surface area contributed by atoms with Crippen molar-refractivity contribution in [3.8, 4) is 0 Å². The molecular formula is C10H15F3N2O3. The minimum atomic E-state index is -4.31. The number of halogens is 3. The highest BCUT2D eigenvalue weighted by molar-refractivity contribution is 5.76. The highest BCUT2D eigenvalue weighted by Crippen LogP contribution is 2.19. The fourth-order valence-electron chi connectivity index (χ4n) is 1.79. The van der Waals surface area contributed by atoms with Gasteiger partial charge in [-0.15, -0.1) is 0 Å². The van der Waals surface area contributed by atoms with Crippen LogP contribution in [0, 0.1) is 5.92 Å². The van der Waals surface area contributed by atoms with Crippen LogP contribution in [-0.4, -0.2) is 47.8 Å². The van der Waals surface area contributed by atoms with Crippen LogP contribution in [-0.2, 0) is 4.79 Å². The summed E-state index contributed by atoms with van der Waals surface area (Å²) in [5.41, 5.74) is 0. The molecule has 0 bridgehead atoms. The van der Waals surface area contributed by atoms with Crippen molar-refractivity contribution in [1.29, 1.82) is 0 Å². The molecule has 0 aromatic rings. The second kappa shape index (κ2) is 5.92. The lowest BCUT2D eigenvalue weighted by Crippen LogP contribution is -2.47. The van der Waals surface area contributed by atoms with Gasteiger partial charge in [0.25, 0.3) is 0 Å². The van der Waals surface area contributed by atoms with Crippen LogP contribution in [0.3, 0.4) is 0 Å². The van der Waals surface area contributed by atoms with Crippen LogP contribution in [0.1, 0.15) is 19.3 Å². The van der Waals surface area contributed by atoms with Crippen LogP contribution in [0.15, 0.2) is 0 Å². The Morgan fingerprint density at radius 1 is 1.39 bits per heavy atom. The van der Waals surface area contributed by atoms with Crippen LogP contribution in [0.5, 0.6) is 0 Å². The van der Waals surface area contributed by atoms with Gasteiger partial charge in [-0.1, -0.05) is 0 Å². The summed E-state index contributed by atoms with van der Waals surface area (Å²) in [5, 5.41) is 11.0. The van der Waals surface area contributed by atoms with Crippen LogP contribution >= 0.6 is 0 Å². The van der Waals surface area contributed by atoms with Crippen LogP contribution in [0.25, 0.3) is 0 Å². The number of alkyl halides is 3. The number of carbonyl (C=O) groups is 2. The number of rotatable bonds is 3. The molecule has 1 saturated heterocycles. The van der Waals surface area contributed by atoms with Crippen LogP contribution < -0.4 is 5.32 Å². The Morgan fingerprint density at radius 3 is 2.61 bits per heavy atom. The van der Waals surface area contributed by atoms with E-state index in [0.717, 1.165) is 0 Å². The van der Waals surface area contributed by atoms with E-state index in [1.807, 2.05) is 0 Å². The van der Waals surface area contributed by atoms with Gasteiger partial charge >= 0.3 is 18.2 Å². The number of urea groups is 1. The third kappa shape index (κ3) is 4.80. The molecule has 1 rings (SSSR count). The Bertz CT molecular complexity index is 320. The minimum Gasteiger partial charge on any atom is -0.481 e. The van der Waals surface area contributed by atoms with Gasteiger partial charge in [-0.3, -0.25) is 4.79 Å². The molecule has 0 radical (unpaired) electrons. The zero-order valence-corrected chi connectivity index (χ0v) is 9.66. The number of hydrogen-bond acceptors (Lipinski definition) is 2. The van der Waals surface area contributed by atoms with E-state index in [9.17, 15) is 22.8 Å². The molecule has 1 heterocycles. The molecule has 1 aliphatic heterocycles. The smallest absolute Gasteiger partial charge is 0.390 e. The second-order valence-corrected chi connectivity index (χ2v) is 4.22. The Morgan fingerprint density at radius 2 is 2.06 bits per heavy atom. The number of hydrogen-bond donors (Lipinski definition) is 2. The van der Waals surface area contributed by atoms with Gasteiger partial charge in [0.15, 0.2) is 0 Å². The molecule has 1 atom stereocenters. The molecule has 2 N–H and O–H groups in total. The quantitative estimate of drug-likeness (QED) is 0.813. The number of carbonyl (C=O) groups excluding carboxylic acids is 1. The predicted octanol–water partition coefficient (Wildman–Crippen LogP) is 1.45. The lowest BCUT2D eigenvalue weighted by molar-refractivity contribution is -0.143. The molecule has 0 spiro atoms. The molecule has 8 heteroatoms. The number of aliphatic carboxylic acids is 1. The van der Waals surface area contributed by atoms with Crippen molar-refractivity contribution in [1.82, 2.24) is 10.2 Å². The summed E-state index contributed by atoms with van der Waals surface area (Å²) in [5.74, 6) is -1.62. The minimum absolute atomic E-state index is 0.0488. The number of piperidine rings is 1. The van der Waals surface area contributed by atoms with Crippen LogP contribution in [0.2, 0.25) is 0 Å². The van der Waals surface area contributed by atoms with Crippen molar-refractivity contribution < 1.29 is 27.9 Å². The molecule has 104 valence electrons. The van der Waals surface area contributed by atoms with E-state index in [-0.39, 0.29) is 6.54 Å². The van der Waals surface area contributed by atoms with Gasteiger partial charge in [0.05, 0.1) is 12.3 Å². The maximum absolute atomic E-state index is 11.9. The number of amides is 2. The highest BCUT2D eigenvalue weighted by Gasteiger charge is 2.29. The third-order valence-electron chi connectivity index (χ3n) is 2.74. The van der Waals surface area contributed by atoms with Crippen molar-refractivity contribution in [2.75, 3.05) is 19.6 Å². The van der Waals surface area contributed by atoms with Crippen molar-refractivity contribution >= 4 is 12.0 Å². The van der Waals surface area contributed by atoms with Gasteiger partial charge in [-0.2, -0.15) is 13.2 Å². The standard InChI is InChI=1S/C10H15F3N2O3/c11-10(12,13)3-4-14-9(18)15-5-1-2-7(6-15)8(16)17/h7H,1-6H2,(H,14,18)(H,16,17)/t7-/m0/s1. The van der Waals surface area contributed by atoms with Crippen molar-refractivity contribution in [3.05, 3.63) is 0 Å². The molecule has 1 fully saturated rings. The molecule has 0 aromatic carbocycles. The van der Waals surface area contributed by atoms with Gasteiger partial charge in [0, 0.05) is 19.6 Å². The summed E-state index contributed by atoms with van der Waals surface area (Å²) in [6.45, 7) is -0.0641. The van der Waals surface area contributed by atoms with E-state index in [1.54, 1.807) is 0 Å². The first kappa shape index (κ1) is 14.6. The van der Waals surface area contributed by atoms with Gasteiger partial charge < -0.3 is 15.3 Å². The average molecular weight is 268 g/mol. The molecule has 0 aliphatic carbocycles.